The number of hydrogen-bond acceptors (Lipinski definition) is 3. The number of carbonyl (C=O) groups is 2. The van der Waals surface area contributed by atoms with Crippen molar-refractivity contribution in [1.82, 2.24) is 4.90 Å². The summed E-state index contributed by atoms with van der Waals surface area (Å²) in [5.41, 5.74) is 2.68. The second-order valence-corrected chi connectivity index (χ2v) is 7.77. The van der Waals surface area contributed by atoms with Crippen molar-refractivity contribution in [3.8, 4) is 11.3 Å². The lowest BCUT2D eigenvalue weighted by Crippen LogP contribution is -2.37. The van der Waals surface area contributed by atoms with Gasteiger partial charge in [0.15, 0.2) is 0 Å². The van der Waals surface area contributed by atoms with E-state index in [1.807, 2.05) is 43.0 Å². The summed E-state index contributed by atoms with van der Waals surface area (Å²) in [5, 5.41) is 2.79. The molecular formula is C24H23FN2O3. The van der Waals surface area contributed by atoms with Gasteiger partial charge >= 0.3 is 0 Å². The van der Waals surface area contributed by atoms with E-state index in [4.69, 9.17) is 4.42 Å². The number of fused-ring (bicyclic) bond motifs is 1. The molecule has 0 saturated heterocycles. The molecule has 0 unspecified atom stereocenters. The molecule has 4 rings (SSSR count). The molecule has 5 nitrogen and oxygen atoms in total. The summed E-state index contributed by atoms with van der Waals surface area (Å²) < 4.78 is 19.4. The summed E-state index contributed by atoms with van der Waals surface area (Å²) in [4.78, 5) is 26.6. The number of rotatable bonds is 4. The van der Waals surface area contributed by atoms with E-state index in [0.717, 1.165) is 16.9 Å². The monoisotopic (exact) mass is 406 g/mol. The van der Waals surface area contributed by atoms with Gasteiger partial charge in [0.2, 0.25) is 5.91 Å². The average molecular weight is 406 g/mol. The molecule has 2 aromatic carbocycles. The van der Waals surface area contributed by atoms with Gasteiger partial charge in [-0.15, -0.1) is 0 Å². The highest BCUT2D eigenvalue weighted by Gasteiger charge is 2.25. The Bertz CT molecular complexity index is 1100. The Hall–Kier alpha value is -3.41. The molecule has 1 aliphatic rings. The Morgan fingerprint density at radius 2 is 1.90 bits per heavy atom. The maximum atomic E-state index is 13.4. The maximum Gasteiger partial charge on any atom is 0.255 e. The maximum absolute atomic E-state index is 13.4. The molecule has 6 heteroatoms. The molecule has 0 bridgehead atoms. The number of furan rings is 1. The van der Waals surface area contributed by atoms with Crippen molar-refractivity contribution in [1.29, 1.82) is 0 Å². The van der Waals surface area contributed by atoms with Gasteiger partial charge in [0.1, 0.15) is 17.3 Å². The Balaban J connectivity index is 1.52. The number of amides is 2. The predicted octanol–water partition coefficient (Wildman–Crippen LogP) is 4.88. The largest absolute Gasteiger partial charge is 0.461 e. The molecule has 0 spiro atoms. The number of nitrogens with zero attached hydrogens (tertiary/aromatic N) is 1. The fourth-order valence-electron chi connectivity index (χ4n) is 3.61. The van der Waals surface area contributed by atoms with Crippen molar-refractivity contribution in [2.24, 2.45) is 5.92 Å². The van der Waals surface area contributed by atoms with Crippen molar-refractivity contribution < 1.29 is 18.4 Å². The molecule has 3 aromatic rings. The van der Waals surface area contributed by atoms with Gasteiger partial charge in [0.25, 0.3) is 5.91 Å². The summed E-state index contributed by atoms with van der Waals surface area (Å²) in [7, 11) is 0. The van der Waals surface area contributed by atoms with E-state index in [1.54, 1.807) is 12.1 Å². The molecule has 1 N–H and O–H groups in total. The van der Waals surface area contributed by atoms with Crippen LogP contribution in [0.25, 0.3) is 11.3 Å². The standard InChI is InChI=1S/C24H23FN2O3/c1-15(2)24(29)27-10-9-21-18(14-27)13-22(30-21)16-5-4-8-20(12-16)26-23(28)17-6-3-7-19(25)11-17/h3-8,11-13,15H,9-10,14H2,1-2H3,(H,26,28). The number of nitrogens with one attached hydrogen (secondary N) is 1. The van der Waals surface area contributed by atoms with Crippen LogP contribution in [0.3, 0.4) is 0 Å². The van der Waals surface area contributed by atoms with Gasteiger partial charge in [-0.25, -0.2) is 4.39 Å². The number of anilines is 1. The first-order chi connectivity index (χ1) is 14.4. The zero-order valence-electron chi connectivity index (χ0n) is 16.9. The van der Waals surface area contributed by atoms with Crippen molar-refractivity contribution in [3.05, 3.63) is 77.3 Å². The van der Waals surface area contributed by atoms with Crippen molar-refractivity contribution in [2.75, 3.05) is 11.9 Å². The molecule has 0 radical (unpaired) electrons. The van der Waals surface area contributed by atoms with E-state index in [2.05, 4.69) is 5.32 Å². The van der Waals surface area contributed by atoms with Gasteiger partial charge < -0.3 is 14.6 Å². The smallest absolute Gasteiger partial charge is 0.255 e. The number of benzene rings is 2. The van der Waals surface area contributed by atoms with Crippen LogP contribution in [0.2, 0.25) is 0 Å². The van der Waals surface area contributed by atoms with Crippen LogP contribution in [-0.2, 0) is 17.8 Å². The normalized spacial score (nSPS) is 13.3. The Labute approximate surface area is 174 Å². The molecule has 0 atom stereocenters. The van der Waals surface area contributed by atoms with Gasteiger partial charge in [-0.3, -0.25) is 9.59 Å². The Morgan fingerprint density at radius 1 is 1.10 bits per heavy atom. The highest BCUT2D eigenvalue weighted by atomic mass is 19.1. The summed E-state index contributed by atoms with van der Waals surface area (Å²) >= 11 is 0. The third-order valence-electron chi connectivity index (χ3n) is 5.16. The third kappa shape index (κ3) is 4.13. The number of carbonyl (C=O) groups excluding carboxylic acids is 2. The van der Waals surface area contributed by atoms with Gasteiger partial charge in [-0.05, 0) is 36.4 Å². The molecule has 30 heavy (non-hydrogen) atoms. The zero-order chi connectivity index (χ0) is 21.3. The van der Waals surface area contributed by atoms with Gasteiger partial charge in [0.05, 0.1) is 0 Å². The summed E-state index contributed by atoms with van der Waals surface area (Å²) in [5.74, 6) is 0.866. The first kappa shape index (κ1) is 19.9. The summed E-state index contributed by atoms with van der Waals surface area (Å²) in [6.07, 6.45) is 0.684. The molecule has 0 saturated carbocycles. The lowest BCUT2D eigenvalue weighted by molar-refractivity contribution is -0.135. The number of halogens is 1. The lowest BCUT2D eigenvalue weighted by atomic mass is 10.1. The number of hydrogen-bond donors (Lipinski definition) is 1. The predicted molar refractivity (Wildman–Crippen MR) is 112 cm³/mol. The van der Waals surface area contributed by atoms with E-state index in [-0.39, 0.29) is 23.3 Å². The van der Waals surface area contributed by atoms with Gasteiger partial charge in [-0.1, -0.05) is 32.0 Å². The molecule has 2 amide bonds. The van der Waals surface area contributed by atoms with Gasteiger partial charge in [-0.2, -0.15) is 0 Å². The van der Waals surface area contributed by atoms with Crippen LogP contribution in [-0.4, -0.2) is 23.3 Å². The van der Waals surface area contributed by atoms with Crippen molar-refractivity contribution in [3.63, 3.8) is 0 Å². The molecule has 1 aromatic heterocycles. The van der Waals surface area contributed by atoms with Crippen molar-refractivity contribution in [2.45, 2.75) is 26.8 Å². The molecule has 0 aliphatic carbocycles. The zero-order valence-corrected chi connectivity index (χ0v) is 16.9. The summed E-state index contributed by atoms with van der Waals surface area (Å²) in [6, 6.07) is 14.8. The van der Waals surface area contributed by atoms with E-state index < -0.39 is 5.82 Å². The highest BCUT2D eigenvalue weighted by Crippen LogP contribution is 2.31. The topological polar surface area (TPSA) is 62.6 Å². The van der Waals surface area contributed by atoms with Crippen LogP contribution in [0.4, 0.5) is 10.1 Å². The van der Waals surface area contributed by atoms with Crippen LogP contribution in [0, 0.1) is 11.7 Å². The molecule has 0 fully saturated rings. The Kier molecular flexibility index (Phi) is 5.40. The average Bonchev–Trinajstić information content (AvgIpc) is 3.16. The lowest BCUT2D eigenvalue weighted by Gasteiger charge is -2.27. The highest BCUT2D eigenvalue weighted by molar-refractivity contribution is 6.04. The first-order valence-corrected chi connectivity index (χ1v) is 9.98. The fourth-order valence-corrected chi connectivity index (χ4v) is 3.61. The van der Waals surface area contributed by atoms with E-state index in [0.29, 0.717) is 31.0 Å². The Morgan fingerprint density at radius 3 is 2.67 bits per heavy atom. The second kappa shape index (κ2) is 8.14. The second-order valence-electron chi connectivity index (χ2n) is 7.77. The molecular weight excluding hydrogens is 383 g/mol. The van der Waals surface area contributed by atoms with Crippen LogP contribution < -0.4 is 5.32 Å². The molecule has 154 valence electrons. The first-order valence-electron chi connectivity index (χ1n) is 9.98. The van der Waals surface area contributed by atoms with E-state index in [1.165, 1.54) is 18.2 Å². The SMILES string of the molecule is CC(C)C(=O)N1CCc2oc(-c3cccc(NC(=O)c4cccc(F)c4)c3)cc2C1. The minimum atomic E-state index is -0.456. The quantitative estimate of drug-likeness (QED) is 0.672. The van der Waals surface area contributed by atoms with Crippen LogP contribution in [0.15, 0.2) is 59.0 Å². The molecule has 1 aliphatic heterocycles. The van der Waals surface area contributed by atoms with E-state index >= 15 is 0 Å². The minimum Gasteiger partial charge on any atom is -0.461 e. The van der Waals surface area contributed by atoms with Crippen LogP contribution >= 0.6 is 0 Å². The minimum absolute atomic E-state index is 0.0312. The van der Waals surface area contributed by atoms with Crippen LogP contribution in [0.5, 0.6) is 0 Å². The van der Waals surface area contributed by atoms with Gasteiger partial charge in [0, 0.05) is 47.8 Å². The summed E-state index contributed by atoms with van der Waals surface area (Å²) in [6.45, 7) is 5.01. The van der Waals surface area contributed by atoms with Crippen LogP contribution in [0.1, 0.15) is 35.5 Å². The van der Waals surface area contributed by atoms with E-state index in [9.17, 15) is 14.0 Å². The fraction of sp³-hybridized carbons (Fsp3) is 0.250. The molecule has 2 heterocycles. The van der Waals surface area contributed by atoms with Crippen molar-refractivity contribution >= 4 is 17.5 Å². The third-order valence-corrected chi connectivity index (χ3v) is 5.16.